The standard InChI is InChI=1S/C20H22N2O4/c1-3-18(24)21-17-11-9-15(10-12-17)19(25)22-20(13-23,14-26-2)16-7-5-4-6-8-16/h3-12,23H,1,13-14H2,2H3,(H,21,24)(H,22,25). The maximum atomic E-state index is 12.7. The number of methoxy groups -OCH3 is 1. The molecule has 0 saturated heterocycles. The number of nitrogens with one attached hydrogen (secondary N) is 2. The maximum Gasteiger partial charge on any atom is 0.252 e. The second kappa shape index (κ2) is 8.94. The molecule has 0 bridgehead atoms. The summed E-state index contributed by atoms with van der Waals surface area (Å²) in [5, 5.41) is 15.5. The number of benzene rings is 2. The molecule has 0 aliphatic rings. The Hall–Kier alpha value is -2.96. The van der Waals surface area contributed by atoms with Gasteiger partial charge in [0.15, 0.2) is 0 Å². The molecule has 2 aromatic rings. The predicted octanol–water partition coefficient (Wildman–Crippen LogP) is 2.08. The van der Waals surface area contributed by atoms with Gasteiger partial charge in [0.25, 0.3) is 5.91 Å². The summed E-state index contributed by atoms with van der Waals surface area (Å²) in [7, 11) is 1.51. The van der Waals surface area contributed by atoms with Gasteiger partial charge in [-0.1, -0.05) is 36.9 Å². The van der Waals surface area contributed by atoms with Crippen LogP contribution in [0.5, 0.6) is 0 Å². The normalized spacial score (nSPS) is 12.7. The minimum absolute atomic E-state index is 0.118. The van der Waals surface area contributed by atoms with Crippen LogP contribution in [0.25, 0.3) is 0 Å². The summed E-state index contributed by atoms with van der Waals surface area (Å²) >= 11 is 0. The maximum absolute atomic E-state index is 12.7. The predicted molar refractivity (Wildman–Crippen MR) is 99.8 cm³/mol. The lowest BCUT2D eigenvalue weighted by Crippen LogP contribution is -2.52. The Morgan fingerprint density at radius 1 is 1.15 bits per heavy atom. The SMILES string of the molecule is C=CC(=O)Nc1ccc(C(=O)NC(CO)(COC)c2ccccc2)cc1. The monoisotopic (exact) mass is 354 g/mol. The average Bonchev–Trinajstić information content (AvgIpc) is 2.68. The van der Waals surface area contributed by atoms with E-state index >= 15 is 0 Å². The fourth-order valence-electron chi connectivity index (χ4n) is 2.56. The zero-order valence-corrected chi connectivity index (χ0v) is 14.6. The number of hydrogen-bond donors (Lipinski definition) is 3. The number of carbonyl (C=O) groups excluding carboxylic acids is 2. The van der Waals surface area contributed by atoms with E-state index in [0.717, 1.165) is 5.56 Å². The number of ether oxygens (including phenoxy) is 1. The van der Waals surface area contributed by atoms with Crippen molar-refractivity contribution in [3.05, 3.63) is 78.4 Å². The lowest BCUT2D eigenvalue weighted by Gasteiger charge is -2.33. The molecule has 2 rings (SSSR count). The topological polar surface area (TPSA) is 87.7 Å². The molecule has 2 amide bonds. The molecule has 0 radical (unpaired) electrons. The number of amides is 2. The van der Waals surface area contributed by atoms with Crippen LogP contribution < -0.4 is 10.6 Å². The third-order valence-electron chi connectivity index (χ3n) is 3.94. The first kappa shape index (κ1) is 19.4. The molecule has 0 saturated carbocycles. The van der Waals surface area contributed by atoms with Gasteiger partial charge in [-0.2, -0.15) is 0 Å². The van der Waals surface area contributed by atoms with Gasteiger partial charge in [0.2, 0.25) is 5.91 Å². The fraction of sp³-hybridized carbons (Fsp3) is 0.200. The summed E-state index contributed by atoms with van der Waals surface area (Å²) in [6.07, 6.45) is 1.17. The van der Waals surface area contributed by atoms with Crippen LogP contribution in [0.1, 0.15) is 15.9 Å². The van der Waals surface area contributed by atoms with E-state index in [-0.39, 0.29) is 25.0 Å². The quantitative estimate of drug-likeness (QED) is 0.634. The smallest absolute Gasteiger partial charge is 0.252 e. The second-order valence-electron chi connectivity index (χ2n) is 5.76. The van der Waals surface area contributed by atoms with Crippen molar-refractivity contribution in [3.63, 3.8) is 0 Å². The minimum atomic E-state index is -1.05. The van der Waals surface area contributed by atoms with Gasteiger partial charge in [0.1, 0.15) is 5.54 Å². The molecular weight excluding hydrogens is 332 g/mol. The van der Waals surface area contributed by atoms with Crippen LogP contribution in [0.4, 0.5) is 5.69 Å². The first-order valence-corrected chi connectivity index (χ1v) is 8.06. The zero-order valence-electron chi connectivity index (χ0n) is 14.6. The number of carbonyl (C=O) groups is 2. The van der Waals surface area contributed by atoms with Gasteiger partial charge in [0.05, 0.1) is 13.2 Å². The van der Waals surface area contributed by atoms with Crippen LogP contribution in [0.2, 0.25) is 0 Å². The second-order valence-corrected chi connectivity index (χ2v) is 5.76. The highest BCUT2D eigenvalue weighted by Crippen LogP contribution is 2.22. The molecule has 0 aliphatic heterocycles. The Kier molecular flexibility index (Phi) is 6.66. The molecule has 6 nitrogen and oxygen atoms in total. The van der Waals surface area contributed by atoms with Crippen LogP contribution in [0.15, 0.2) is 67.3 Å². The van der Waals surface area contributed by atoms with Crippen LogP contribution in [0.3, 0.4) is 0 Å². The van der Waals surface area contributed by atoms with E-state index in [2.05, 4.69) is 17.2 Å². The highest BCUT2D eigenvalue weighted by molar-refractivity contribution is 5.99. The van der Waals surface area contributed by atoms with Crippen molar-refractivity contribution in [1.82, 2.24) is 5.32 Å². The number of hydrogen-bond acceptors (Lipinski definition) is 4. The van der Waals surface area contributed by atoms with Crippen molar-refractivity contribution in [2.75, 3.05) is 25.6 Å². The molecular formula is C20H22N2O4. The van der Waals surface area contributed by atoms with Crippen molar-refractivity contribution in [2.24, 2.45) is 0 Å². The summed E-state index contributed by atoms with van der Waals surface area (Å²) in [5.41, 5.74) is 0.641. The third-order valence-corrected chi connectivity index (χ3v) is 3.94. The summed E-state index contributed by atoms with van der Waals surface area (Å²) in [6, 6.07) is 15.6. The molecule has 0 fully saturated rings. The lowest BCUT2D eigenvalue weighted by atomic mass is 9.91. The summed E-state index contributed by atoms with van der Waals surface area (Å²) in [6.45, 7) is 3.19. The van der Waals surface area contributed by atoms with Crippen molar-refractivity contribution in [1.29, 1.82) is 0 Å². The molecule has 6 heteroatoms. The van der Waals surface area contributed by atoms with Gasteiger partial charge in [-0.05, 0) is 35.9 Å². The summed E-state index contributed by atoms with van der Waals surface area (Å²) < 4.78 is 5.23. The largest absolute Gasteiger partial charge is 0.393 e. The van der Waals surface area contributed by atoms with E-state index in [1.54, 1.807) is 24.3 Å². The molecule has 3 N–H and O–H groups in total. The van der Waals surface area contributed by atoms with Crippen molar-refractivity contribution >= 4 is 17.5 Å². The average molecular weight is 354 g/mol. The Bertz CT molecular complexity index is 759. The first-order chi connectivity index (χ1) is 12.5. The van der Waals surface area contributed by atoms with Gasteiger partial charge >= 0.3 is 0 Å². The minimum Gasteiger partial charge on any atom is -0.393 e. The molecule has 0 spiro atoms. The van der Waals surface area contributed by atoms with Crippen LogP contribution in [-0.4, -0.2) is 37.2 Å². The first-order valence-electron chi connectivity index (χ1n) is 8.06. The summed E-state index contributed by atoms with van der Waals surface area (Å²) in [4.78, 5) is 24.0. The van der Waals surface area contributed by atoms with Crippen molar-refractivity contribution in [2.45, 2.75) is 5.54 Å². The van der Waals surface area contributed by atoms with E-state index in [4.69, 9.17) is 4.74 Å². The number of aliphatic hydroxyl groups excluding tert-OH is 1. The Balaban J connectivity index is 2.21. The van der Waals surface area contributed by atoms with Crippen molar-refractivity contribution in [3.8, 4) is 0 Å². The molecule has 0 aromatic heterocycles. The Labute approximate surface area is 152 Å². The van der Waals surface area contributed by atoms with E-state index in [1.807, 2.05) is 30.3 Å². The molecule has 1 atom stereocenters. The molecule has 26 heavy (non-hydrogen) atoms. The van der Waals surface area contributed by atoms with E-state index in [0.29, 0.717) is 11.3 Å². The fourth-order valence-corrected chi connectivity index (χ4v) is 2.56. The van der Waals surface area contributed by atoms with Gasteiger partial charge in [-0.3, -0.25) is 9.59 Å². The van der Waals surface area contributed by atoms with Crippen LogP contribution >= 0.6 is 0 Å². The Morgan fingerprint density at radius 2 is 1.81 bits per heavy atom. The zero-order chi connectivity index (χ0) is 19.0. The van der Waals surface area contributed by atoms with E-state index in [1.165, 1.54) is 13.2 Å². The van der Waals surface area contributed by atoms with Crippen molar-refractivity contribution < 1.29 is 19.4 Å². The highest BCUT2D eigenvalue weighted by Gasteiger charge is 2.33. The van der Waals surface area contributed by atoms with E-state index in [9.17, 15) is 14.7 Å². The number of aliphatic hydroxyl groups is 1. The van der Waals surface area contributed by atoms with Crippen LogP contribution in [0, 0.1) is 0 Å². The molecule has 1 unspecified atom stereocenters. The molecule has 2 aromatic carbocycles. The van der Waals surface area contributed by atoms with Gasteiger partial charge in [-0.25, -0.2) is 0 Å². The third kappa shape index (κ3) is 4.56. The van der Waals surface area contributed by atoms with Gasteiger partial charge in [0, 0.05) is 18.4 Å². The number of rotatable bonds is 8. The van der Waals surface area contributed by atoms with Gasteiger partial charge in [-0.15, -0.1) is 0 Å². The molecule has 136 valence electrons. The van der Waals surface area contributed by atoms with Crippen LogP contribution in [-0.2, 0) is 15.1 Å². The number of anilines is 1. The molecule has 0 aliphatic carbocycles. The van der Waals surface area contributed by atoms with Gasteiger partial charge < -0.3 is 20.5 Å². The highest BCUT2D eigenvalue weighted by atomic mass is 16.5. The van der Waals surface area contributed by atoms with E-state index < -0.39 is 5.54 Å². The Morgan fingerprint density at radius 3 is 2.35 bits per heavy atom. The lowest BCUT2D eigenvalue weighted by molar-refractivity contribution is -0.111. The summed E-state index contributed by atoms with van der Waals surface area (Å²) in [5.74, 6) is -0.688. The molecule has 0 heterocycles.